The average molecular weight is 773 g/mol. The number of fused-ring (bicyclic) bond motifs is 16. The van der Waals surface area contributed by atoms with Crippen LogP contribution in [0.5, 0.6) is 0 Å². The van der Waals surface area contributed by atoms with E-state index in [0.717, 1.165) is 44.7 Å². The SMILES string of the molecule is [C-]#[N+]c1ccc2c(c1)-c1cc(C#N)ccc1C21c2ccccc2-c2ccc(-n3c4ccccc4c4cc(-c5ccc6c(c5)c5ccccc5n6-c5ccccc5)ccc43)cc21. The monoisotopic (exact) mass is 772 g/mol. The van der Waals surface area contributed by atoms with E-state index in [1.54, 1.807) is 0 Å². The zero-order chi connectivity index (χ0) is 40.4. The van der Waals surface area contributed by atoms with Crippen molar-refractivity contribution in [1.82, 2.24) is 9.13 Å². The molecule has 280 valence electrons. The summed E-state index contributed by atoms with van der Waals surface area (Å²) in [6.45, 7) is 7.87. The quantitative estimate of drug-likeness (QED) is 0.165. The number of nitrogens with zero attached hydrogens (tertiary/aromatic N) is 4. The van der Waals surface area contributed by atoms with E-state index in [9.17, 15) is 5.26 Å². The van der Waals surface area contributed by atoms with Crippen molar-refractivity contribution in [2.24, 2.45) is 0 Å². The van der Waals surface area contributed by atoms with E-state index in [4.69, 9.17) is 6.57 Å². The van der Waals surface area contributed by atoms with Crippen LogP contribution in [-0.2, 0) is 5.41 Å². The highest BCUT2D eigenvalue weighted by Crippen LogP contribution is 2.63. The Hall–Kier alpha value is -8.44. The van der Waals surface area contributed by atoms with Gasteiger partial charge in [0.1, 0.15) is 0 Å². The molecule has 9 aromatic carbocycles. The molecule has 13 rings (SSSR count). The van der Waals surface area contributed by atoms with Crippen LogP contribution in [-0.4, -0.2) is 9.13 Å². The maximum Gasteiger partial charge on any atom is 0.187 e. The van der Waals surface area contributed by atoms with Gasteiger partial charge in [0.2, 0.25) is 0 Å². The molecule has 0 N–H and O–H groups in total. The zero-order valence-corrected chi connectivity index (χ0v) is 32.8. The lowest BCUT2D eigenvalue weighted by atomic mass is 9.70. The number of nitriles is 1. The first kappa shape index (κ1) is 33.5. The topological polar surface area (TPSA) is 38.0 Å². The Balaban J connectivity index is 1.02. The van der Waals surface area contributed by atoms with Crippen molar-refractivity contribution < 1.29 is 0 Å². The third-order valence-corrected chi connectivity index (χ3v) is 13.4. The molecule has 1 unspecified atom stereocenters. The van der Waals surface area contributed by atoms with Crippen LogP contribution in [0.4, 0.5) is 5.69 Å². The normalized spacial score (nSPS) is 14.6. The molecular weight excluding hydrogens is 741 g/mol. The molecule has 0 amide bonds. The third kappa shape index (κ3) is 4.40. The van der Waals surface area contributed by atoms with Gasteiger partial charge in [-0.1, -0.05) is 115 Å². The van der Waals surface area contributed by atoms with Crippen LogP contribution in [0, 0.1) is 17.9 Å². The molecule has 0 saturated carbocycles. The zero-order valence-electron chi connectivity index (χ0n) is 32.8. The number of aromatic nitrogens is 2. The van der Waals surface area contributed by atoms with Gasteiger partial charge in [0.05, 0.1) is 45.7 Å². The summed E-state index contributed by atoms with van der Waals surface area (Å²) in [7, 11) is 0. The Bertz CT molecular complexity index is 3730. The molecule has 0 saturated heterocycles. The predicted octanol–water partition coefficient (Wildman–Crippen LogP) is 14.3. The van der Waals surface area contributed by atoms with Crippen molar-refractivity contribution >= 4 is 49.3 Å². The number of para-hydroxylation sites is 3. The molecule has 2 aliphatic rings. The molecule has 4 heteroatoms. The van der Waals surface area contributed by atoms with Crippen LogP contribution in [0.15, 0.2) is 194 Å². The molecule has 2 heterocycles. The highest BCUT2D eigenvalue weighted by Gasteiger charge is 2.51. The van der Waals surface area contributed by atoms with E-state index < -0.39 is 5.41 Å². The van der Waals surface area contributed by atoms with Gasteiger partial charge in [0, 0.05) is 32.9 Å². The van der Waals surface area contributed by atoms with Gasteiger partial charge in [-0.3, -0.25) is 0 Å². The molecule has 1 spiro atoms. The molecular formula is C57H32N4. The van der Waals surface area contributed by atoms with E-state index in [0.29, 0.717) is 11.3 Å². The summed E-state index contributed by atoms with van der Waals surface area (Å²) < 4.78 is 4.78. The summed E-state index contributed by atoms with van der Waals surface area (Å²) in [5, 5.41) is 14.9. The molecule has 2 aliphatic carbocycles. The van der Waals surface area contributed by atoms with E-state index in [1.807, 2.05) is 24.3 Å². The molecule has 1 atom stereocenters. The lowest BCUT2D eigenvalue weighted by molar-refractivity contribution is 0.792. The van der Waals surface area contributed by atoms with Gasteiger partial charge in [0.15, 0.2) is 5.69 Å². The first-order chi connectivity index (χ1) is 30.1. The van der Waals surface area contributed by atoms with E-state index in [2.05, 4.69) is 190 Å². The molecule has 4 nitrogen and oxygen atoms in total. The molecule has 61 heavy (non-hydrogen) atoms. The number of hydrogen-bond acceptors (Lipinski definition) is 1. The third-order valence-electron chi connectivity index (χ3n) is 13.4. The smallest absolute Gasteiger partial charge is 0.187 e. The van der Waals surface area contributed by atoms with E-state index in [-0.39, 0.29) is 0 Å². The first-order valence-electron chi connectivity index (χ1n) is 20.6. The Kier molecular flexibility index (Phi) is 6.75. The molecule has 2 aromatic heterocycles. The van der Waals surface area contributed by atoms with Crippen LogP contribution >= 0.6 is 0 Å². The first-order valence-corrected chi connectivity index (χ1v) is 20.6. The van der Waals surface area contributed by atoms with Gasteiger partial charge in [-0.15, -0.1) is 0 Å². The van der Waals surface area contributed by atoms with Crippen molar-refractivity contribution in [1.29, 1.82) is 5.26 Å². The minimum Gasteiger partial charge on any atom is -0.309 e. The van der Waals surface area contributed by atoms with Crippen molar-refractivity contribution in [3.8, 4) is 50.8 Å². The van der Waals surface area contributed by atoms with E-state index >= 15 is 0 Å². The van der Waals surface area contributed by atoms with Gasteiger partial charge >= 0.3 is 0 Å². The highest BCUT2D eigenvalue weighted by molar-refractivity contribution is 6.13. The van der Waals surface area contributed by atoms with Gasteiger partial charge in [0.25, 0.3) is 0 Å². The fraction of sp³-hybridized carbons (Fsp3) is 0.0175. The van der Waals surface area contributed by atoms with Gasteiger partial charge in [-0.25, -0.2) is 4.85 Å². The summed E-state index contributed by atoms with van der Waals surface area (Å²) in [5.41, 5.74) is 19.0. The molecule has 0 bridgehead atoms. The highest BCUT2D eigenvalue weighted by atomic mass is 15.0. The van der Waals surface area contributed by atoms with Crippen LogP contribution in [0.1, 0.15) is 27.8 Å². The Morgan fingerprint density at radius 2 is 0.967 bits per heavy atom. The minimum atomic E-state index is -0.616. The minimum absolute atomic E-state index is 0.591. The Morgan fingerprint density at radius 1 is 0.410 bits per heavy atom. The van der Waals surface area contributed by atoms with Crippen molar-refractivity contribution in [2.45, 2.75) is 5.41 Å². The standard InChI is InChI=1S/C57H32N4/c1-59-38-22-26-51-46(32-38)45-29-35(34-58)19-25-50(45)57(51)49-16-8-5-13-41(49)42-24-23-40(33-52(42)57)61-54-18-10-7-15-44(54)48-31-37(21-28-56(48)61)36-20-27-55-47(30-36)43-14-6-9-17-53(43)60(55)39-11-3-2-4-12-39/h2-33H. The predicted molar refractivity (Wildman–Crippen MR) is 248 cm³/mol. The van der Waals surface area contributed by atoms with Crippen LogP contribution in [0.25, 0.3) is 93.2 Å². The molecule has 0 aliphatic heterocycles. The second kappa shape index (κ2) is 12.3. The van der Waals surface area contributed by atoms with Crippen molar-refractivity contribution in [3.05, 3.63) is 233 Å². The van der Waals surface area contributed by atoms with Crippen molar-refractivity contribution in [3.63, 3.8) is 0 Å². The van der Waals surface area contributed by atoms with Gasteiger partial charge in [-0.05, 0) is 134 Å². The Labute approximate surface area is 351 Å². The molecule has 11 aromatic rings. The average Bonchev–Trinajstić information content (AvgIpc) is 4.02. The summed E-state index contributed by atoms with van der Waals surface area (Å²) in [6.07, 6.45) is 0. The van der Waals surface area contributed by atoms with Gasteiger partial charge in [-0.2, -0.15) is 5.26 Å². The second-order valence-corrected chi connectivity index (χ2v) is 16.2. The maximum atomic E-state index is 10.0. The number of rotatable bonds is 3. The maximum absolute atomic E-state index is 10.0. The van der Waals surface area contributed by atoms with E-state index in [1.165, 1.54) is 66.0 Å². The Morgan fingerprint density at radius 3 is 1.66 bits per heavy atom. The molecule has 0 radical (unpaired) electrons. The lowest BCUT2D eigenvalue weighted by Gasteiger charge is -2.31. The van der Waals surface area contributed by atoms with Crippen LogP contribution in [0.3, 0.4) is 0 Å². The summed E-state index contributed by atoms with van der Waals surface area (Å²) in [5.74, 6) is 0. The van der Waals surface area contributed by atoms with Crippen molar-refractivity contribution in [2.75, 3.05) is 0 Å². The second-order valence-electron chi connectivity index (χ2n) is 16.2. The summed E-state index contributed by atoms with van der Waals surface area (Å²) in [6, 6.07) is 72.1. The largest absolute Gasteiger partial charge is 0.309 e. The lowest BCUT2D eigenvalue weighted by Crippen LogP contribution is -2.26. The number of benzene rings is 9. The molecule has 0 fully saturated rings. The van der Waals surface area contributed by atoms with Crippen LogP contribution in [0.2, 0.25) is 0 Å². The van der Waals surface area contributed by atoms with Gasteiger partial charge < -0.3 is 9.13 Å². The number of hydrogen-bond donors (Lipinski definition) is 0. The fourth-order valence-electron chi connectivity index (χ4n) is 10.9. The summed E-state index contributed by atoms with van der Waals surface area (Å²) in [4.78, 5) is 3.82. The fourth-order valence-corrected chi connectivity index (χ4v) is 10.9. The summed E-state index contributed by atoms with van der Waals surface area (Å²) >= 11 is 0. The van der Waals surface area contributed by atoms with Crippen LogP contribution < -0.4 is 0 Å².